The van der Waals surface area contributed by atoms with Gasteiger partial charge in [0.25, 0.3) is 5.91 Å². The average molecular weight is 587 g/mol. The first kappa shape index (κ1) is 28.2. The van der Waals surface area contributed by atoms with Gasteiger partial charge in [-0.15, -0.1) is 0 Å². The van der Waals surface area contributed by atoms with Crippen molar-refractivity contribution >= 4 is 40.2 Å². The van der Waals surface area contributed by atoms with Gasteiger partial charge < -0.3 is 24.0 Å². The number of rotatable bonds is 10. The second-order valence-electron chi connectivity index (χ2n) is 10.8. The third-order valence-corrected chi connectivity index (χ3v) is 8.33. The maximum atomic E-state index is 13.3. The monoisotopic (exact) mass is 586 g/mol. The van der Waals surface area contributed by atoms with Crippen LogP contribution in [0.5, 0.6) is 5.75 Å². The van der Waals surface area contributed by atoms with E-state index in [9.17, 15) is 4.79 Å². The number of amides is 1. The molecular weight excluding hydrogens is 552 g/mol. The van der Waals surface area contributed by atoms with Crippen LogP contribution in [0.2, 0.25) is 5.02 Å². The van der Waals surface area contributed by atoms with E-state index in [0.717, 1.165) is 92.1 Å². The number of piperidine rings is 1. The average Bonchev–Trinajstić information content (AvgIpc) is 3.67. The van der Waals surface area contributed by atoms with Crippen molar-refractivity contribution in [2.24, 2.45) is 4.99 Å². The molecule has 1 amide bonds. The molecule has 0 aliphatic carbocycles. The number of allylic oxidation sites excluding steroid dienone is 1. The maximum absolute atomic E-state index is 13.3. The highest BCUT2D eigenvalue weighted by Crippen LogP contribution is 2.31. The van der Waals surface area contributed by atoms with Crippen LogP contribution in [0.4, 0.5) is 0 Å². The topological polar surface area (TPSA) is 97.8 Å². The van der Waals surface area contributed by atoms with Gasteiger partial charge in [-0.05, 0) is 75.2 Å². The third kappa shape index (κ3) is 6.27. The highest BCUT2D eigenvalue weighted by molar-refractivity contribution is 6.30. The molecule has 0 saturated carbocycles. The van der Waals surface area contributed by atoms with Crippen molar-refractivity contribution in [3.05, 3.63) is 82.6 Å². The summed E-state index contributed by atoms with van der Waals surface area (Å²) < 4.78 is 13.5. The van der Waals surface area contributed by atoms with E-state index in [-0.39, 0.29) is 5.91 Å². The molecule has 6 rings (SSSR count). The lowest BCUT2D eigenvalue weighted by atomic mass is 9.96. The number of hydrogen-bond donors (Lipinski definition) is 1. The van der Waals surface area contributed by atoms with E-state index in [1.165, 1.54) is 0 Å². The summed E-state index contributed by atoms with van der Waals surface area (Å²) in [5.41, 5.74) is 3.63. The number of nitrogens with one attached hydrogen (secondary N) is 1. The molecule has 10 heteroatoms. The summed E-state index contributed by atoms with van der Waals surface area (Å²) in [4.78, 5) is 24.7. The molecule has 0 atom stereocenters. The fourth-order valence-electron chi connectivity index (χ4n) is 5.84. The Morgan fingerprint density at radius 1 is 1.17 bits per heavy atom. The minimum atomic E-state index is -0.119. The van der Waals surface area contributed by atoms with E-state index in [1.807, 2.05) is 61.0 Å². The molecule has 2 aromatic heterocycles. The Morgan fingerprint density at radius 3 is 2.81 bits per heavy atom. The molecule has 1 saturated heterocycles. The van der Waals surface area contributed by atoms with Gasteiger partial charge in [0.2, 0.25) is 5.89 Å². The van der Waals surface area contributed by atoms with Crippen molar-refractivity contribution in [3.63, 3.8) is 0 Å². The maximum Gasteiger partial charge on any atom is 0.253 e. The van der Waals surface area contributed by atoms with E-state index >= 15 is 0 Å². The quantitative estimate of drug-likeness (QED) is 0.254. The number of aliphatic imine (C=N–C) groups is 1. The van der Waals surface area contributed by atoms with Crippen molar-refractivity contribution in [2.75, 3.05) is 33.3 Å². The number of hydrogen-bond acceptors (Lipinski definition) is 7. The molecule has 0 bridgehead atoms. The summed E-state index contributed by atoms with van der Waals surface area (Å²) in [5, 5.41) is 8.80. The number of aromatic nitrogens is 3. The van der Waals surface area contributed by atoms with Crippen LogP contribution >= 0.6 is 11.6 Å². The number of likely N-dealkylation sites (tertiary alicyclic amines) is 1. The van der Waals surface area contributed by atoms with Crippen LogP contribution in [0, 0.1) is 0 Å². The molecule has 1 N–H and O–H groups in total. The van der Waals surface area contributed by atoms with Gasteiger partial charge in [0.05, 0.1) is 18.2 Å². The summed E-state index contributed by atoms with van der Waals surface area (Å²) in [5.74, 6) is 2.39. The Balaban J connectivity index is 1.06. The number of benzene rings is 2. The predicted molar refractivity (Wildman–Crippen MR) is 164 cm³/mol. The third-order valence-electron chi connectivity index (χ3n) is 8.10. The molecule has 2 aliphatic heterocycles. The number of para-hydroxylation sites is 1. The number of methoxy groups -OCH3 is 1. The van der Waals surface area contributed by atoms with Crippen molar-refractivity contribution in [3.8, 4) is 5.75 Å². The molecule has 2 aromatic carbocycles. The van der Waals surface area contributed by atoms with Gasteiger partial charge in [-0.2, -0.15) is 4.98 Å². The molecule has 218 valence electrons. The zero-order valence-electron chi connectivity index (χ0n) is 23.8. The Labute approximate surface area is 250 Å². The fraction of sp³-hybridized carbons (Fsp3) is 0.375. The van der Waals surface area contributed by atoms with Crippen LogP contribution in [0.1, 0.15) is 59.2 Å². The Kier molecular flexibility index (Phi) is 8.67. The van der Waals surface area contributed by atoms with Gasteiger partial charge in [0.15, 0.2) is 5.82 Å². The van der Waals surface area contributed by atoms with Crippen LogP contribution in [0.25, 0.3) is 16.5 Å². The fourth-order valence-corrected chi connectivity index (χ4v) is 6.06. The number of aryl methyl sites for hydroxylation is 1. The predicted octanol–water partition coefficient (Wildman–Crippen LogP) is 5.74. The molecule has 4 aromatic rings. The molecule has 42 heavy (non-hydrogen) atoms. The normalized spacial score (nSPS) is 16.1. The van der Waals surface area contributed by atoms with Crippen LogP contribution in [-0.4, -0.2) is 65.0 Å². The first-order valence-corrected chi connectivity index (χ1v) is 14.9. The summed E-state index contributed by atoms with van der Waals surface area (Å²) in [6, 6.07) is 13.4. The molecule has 0 unspecified atom stereocenters. The number of ether oxygens (including phenoxy) is 1. The van der Waals surface area contributed by atoms with Crippen molar-refractivity contribution in [2.45, 2.75) is 44.7 Å². The Morgan fingerprint density at radius 2 is 2.02 bits per heavy atom. The molecule has 2 aliphatic rings. The smallest absolute Gasteiger partial charge is 0.253 e. The number of fused-ring (bicyclic) bond motifs is 1. The van der Waals surface area contributed by atoms with Gasteiger partial charge in [-0.1, -0.05) is 41.0 Å². The number of carbonyl (C=O) groups excluding carboxylic acids is 1. The van der Waals surface area contributed by atoms with Crippen molar-refractivity contribution < 1.29 is 14.1 Å². The number of halogens is 1. The van der Waals surface area contributed by atoms with Gasteiger partial charge in [0.1, 0.15) is 5.75 Å². The minimum absolute atomic E-state index is 0.119. The molecule has 4 heterocycles. The van der Waals surface area contributed by atoms with Crippen LogP contribution in [0.15, 0.2) is 64.3 Å². The lowest BCUT2D eigenvalue weighted by Gasteiger charge is -2.30. The number of nitrogens with zero attached hydrogens (tertiary/aromatic N) is 5. The van der Waals surface area contributed by atoms with Crippen LogP contribution < -0.4 is 10.1 Å². The second-order valence-corrected chi connectivity index (χ2v) is 11.3. The summed E-state index contributed by atoms with van der Waals surface area (Å²) in [6.45, 7) is 4.92. The number of dihydropyridines is 1. The van der Waals surface area contributed by atoms with E-state index in [0.29, 0.717) is 28.9 Å². The SMILES string of the molecule is COc1cccc2c(C(=O)NCc3cccc(Cl)c3)cn(CCCN3CCC(c4nc(C5=CC=NCC5)no4)CC3)c12. The molecule has 9 nitrogen and oxygen atoms in total. The lowest BCUT2D eigenvalue weighted by Crippen LogP contribution is -2.34. The van der Waals surface area contributed by atoms with Gasteiger partial charge in [0, 0.05) is 53.9 Å². The van der Waals surface area contributed by atoms with Gasteiger partial charge >= 0.3 is 0 Å². The van der Waals surface area contributed by atoms with Crippen molar-refractivity contribution in [1.82, 2.24) is 24.9 Å². The van der Waals surface area contributed by atoms with E-state index in [1.54, 1.807) is 7.11 Å². The molecule has 1 fully saturated rings. The second kappa shape index (κ2) is 12.9. The lowest BCUT2D eigenvalue weighted by molar-refractivity contribution is 0.0952. The minimum Gasteiger partial charge on any atom is -0.495 e. The standard InChI is InChI=1S/C32H35ClN6O3/c1-41-28-8-3-7-26-27(31(40)35-20-22-5-2-6-25(33)19-22)21-39(29(26)28)16-4-15-38-17-11-24(12-18-38)32-36-30(37-42-32)23-9-13-34-14-10-23/h2-3,5-9,13,19,21,24H,4,10-12,14-18,20H2,1H3,(H,35,40). The van der Waals surface area contributed by atoms with Gasteiger partial charge in [-0.3, -0.25) is 9.79 Å². The summed E-state index contributed by atoms with van der Waals surface area (Å²) in [7, 11) is 1.67. The van der Waals surface area contributed by atoms with Crippen LogP contribution in [0.3, 0.4) is 0 Å². The molecular formula is C32H35ClN6O3. The van der Waals surface area contributed by atoms with E-state index < -0.39 is 0 Å². The van der Waals surface area contributed by atoms with Crippen molar-refractivity contribution in [1.29, 1.82) is 0 Å². The van der Waals surface area contributed by atoms with Gasteiger partial charge in [-0.25, -0.2) is 0 Å². The first-order valence-electron chi connectivity index (χ1n) is 14.5. The van der Waals surface area contributed by atoms with E-state index in [4.69, 9.17) is 25.8 Å². The van der Waals surface area contributed by atoms with E-state index in [2.05, 4.69) is 24.9 Å². The summed E-state index contributed by atoms with van der Waals surface area (Å²) in [6.07, 6.45) is 9.55. The zero-order chi connectivity index (χ0) is 28.9. The Bertz CT molecular complexity index is 1620. The first-order chi connectivity index (χ1) is 20.6. The summed E-state index contributed by atoms with van der Waals surface area (Å²) >= 11 is 6.11. The van der Waals surface area contributed by atoms with Crippen LogP contribution in [-0.2, 0) is 13.1 Å². The zero-order valence-corrected chi connectivity index (χ0v) is 24.5. The molecule has 0 spiro atoms. The largest absolute Gasteiger partial charge is 0.495 e. The Hall–Kier alpha value is -3.95. The highest BCUT2D eigenvalue weighted by atomic mass is 35.5. The highest BCUT2D eigenvalue weighted by Gasteiger charge is 2.26. The number of carbonyl (C=O) groups is 1. The molecule has 0 radical (unpaired) electrons.